The molecule has 0 aliphatic rings. The lowest BCUT2D eigenvalue weighted by Gasteiger charge is -2.35. The van der Waals surface area contributed by atoms with E-state index in [4.69, 9.17) is 11.5 Å². The molecule has 0 spiro atoms. The van der Waals surface area contributed by atoms with Crippen molar-refractivity contribution >= 4 is 23.6 Å². The number of hydrogen-bond donors (Lipinski definition) is 6. The van der Waals surface area contributed by atoms with Gasteiger partial charge < -0.3 is 32.7 Å². The molecule has 0 saturated carbocycles. The SMILES string of the molecule is C.CCC(C)C(=O)NCCNC(=O)C(C)(CC)CC(C)(C)C(=O)NCCNC(=O)C(N)CN. The molecule has 0 aromatic heterocycles. The number of nitrogens with one attached hydrogen (secondary N) is 4. The Balaban J connectivity index is 0. The molecule has 3 atom stereocenters. The van der Waals surface area contributed by atoms with Crippen LogP contribution < -0.4 is 32.7 Å². The second kappa shape index (κ2) is 15.6. The smallest absolute Gasteiger partial charge is 0.238 e. The van der Waals surface area contributed by atoms with Crippen molar-refractivity contribution in [2.24, 2.45) is 28.2 Å². The van der Waals surface area contributed by atoms with Crippen LogP contribution >= 0.6 is 0 Å². The van der Waals surface area contributed by atoms with Crippen molar-refractivity contribution in [3.05, 3.63) is 0 Å². The van der Waals surface area contributed by atoms with Gasteiger partial charge in [0.15, 0.2) is 0 Å². The molecule has 0 rings (SSSR count). The second-order valence-corrected chi connectivity index (χ2v) is 9.22. The summed E-state index contributed by atoms with van der Waals surface area (Å²) in [7, 11) is 0. The van der Waals surface area contributed by atoms with E-state index in [0.29, 0.717) is 25.9 Å². The molecule has 0 fully saturated rings. The third-order valence-electron chi connectivity index (χ3n) is 5.85. The number of hydrogen-bond acceptors (Lipinski definition) is 6. The Morgan fingerprint density at radius 2 is 1.27 bits per heavy atom. The molecular weight excluding hydrogens is 424 g/mol. The summed E-state index contributed by atoms with van der Waals surface area (Å²) in [4.78, 5) is 49.0. The number of rotatable bonds is 15. The van der Waals surface area contributed by atoms with Crippen LogP contribution in [0.15, 0.2) is 0 Å². The van der Waals surface area contributed by atoms with Gasteiger partial charge in [-0.25, -0.2) is 0 Å². The van der Waals surface area contributed by atoms with E-state index in [2.05, 4.69) is 21.3 Å². The summed E-state index contributed by atoms with van der Waals surface area (Å²) in [6.07, 6.45) is 1.66. The quantitative estimate of drug-likeness (QED) is 0.187. The van der Waals surface area contributed by atoms with E-state index in [0.717, 1.165) is 6.42 Å². The molecule has 10 heteroatoms. The van der Waals surface area contributed by atoms with Crippen molar-refractivity contribution in [2.45, 2.75) is 74.3 Å². The minimum Gasteiger partial charge on any atom is -0.354 e. The van der Waals surface area contributed by atoms with E-state index in [1.54, 1.807) is 13.8 Å². The van der Waals surface area contributed by atoms with E-state index < -0.39 is 16.9 Å². The topological polar surface area (TPSA) is 168 Å². The largest absolute Gasteiger partial charge is 0.354 e. The van der Waals surface area contributed by atoms with Gasteiger partial charge in [-0.1, -0.05) is 49.0 Å². The molecule has 4 amide bonds. The first-order chi connectivity index (χ1) is 14.8. The predicted molar refractivity (Wildman–Crippen MR) is 132 cm³/mol. The fourth-order valence-corrected chi connectivity index (χ4v) is 3.20. The summed E-state index contributed by atoms with van der Waals surface area (Å²) in [5, 5.41) is 11.1. The van der Waals surface area contributed by atoms with Crippen LogP contribution in [0.2, 0.25) is 0 Å². The van der Waals surface area contributed by atoms with Gasteiger partial charge in [0.2, 0.25) is 23.6 Å². The Hall–Kier alpha value is -2.20. The molecule has 0 radical (unpaired) electrons. The van der Waals surface area contributed by atoms with Crippen LogP contribution in [0.3, 0.4) is 0 Å². The highest BCUT2D eigenvalue weighted by Gasteiger charge is 2.40. The van der Waals surface area contributed by atoms with Crippen LogP contribution in [0.25, 0.3) is 0 Å². The fourth-order valence-electron chi connectivity index (χ4n) is 3.20. The zero-order valence-corrected chi connectivity index (χ0v) is 20.6. The molecule has 3 unspecified atom stereocenters. The molecule has 0 heterocycles. The van der Waals surface area contributed by atoms with Gasteiger partial charge >= 0.3 is 0 Å². The van der Waals surface area contributed by atoms with Crippen molar-refractivity contribution in [2.75, 3.05) is 32.7 Å². The Morgan fingerprint density at radius 1 is 0.818 bits per heavy atom. The van der Waals surface area contributed by atoms with Gasteiger partial charge in [0.05, 0.1) is 6.04 Å². The maximum absolute atomic E-state index is 12.8. The molecule has 10 nitrogen and oxygen atoms in total. The molecular formula is C23H48N6O4. The zero-order valence-electron chi connectivity index (χ0n) is 20.6. The molecule has 0 aromatic carbocycles. The van der Waals surface area contributed by atoms with Gasteiger partial charge in [0.1, 0.15) is 0 Å². The van der Waals surface area contributed by atoms with E-state index >= 15 is 0 Å². The standard InChI is InChI=1S/C22H44N6O4.CH4/c1-7-15(3)17(29)25-9-12-28-20(32)22(6,8-2)14-21(4,5)19(31)27-11-10-26-18(30)16(24)13-23;/h15-16H,7-14,23-24H2,1-6H3,(H,25,29)(H,26,30)(H,27,31)(H,28,32);1H4. The summed E-state index contributed by atoms with van der Waals surface area (Å²) >= 11 is 0. The first kappa shape index (κ1) is 33.0. The normalized spacial score (nSPS) is 14.7. The summed E-state index contributed by atoms with van der Waals surface area (Å²) in [5.41, 5.74) is 9.33. The molecule has 0 aliphatic heterocycles. The van der Waals surface area contributed by atoms with Crippen molar-refractivity contribution in [3.63, 3.8) is 0 Å². The maximum Gasteiger partial charge on any atom is 0.238 e. The van der Waals surface area contributed by atoms with E-state index in [-0.39, 0.29) is 56.6 Å². The minimum atomic E-state index is -0.801. The second-order valence-electron chi connectivity index (χ2n) is 9.22. The summed E-state index contributed by atoms with van der Waals surface area (Å²) in [6.45, 7) is 12.4. The van der Waals surface area contributed by atoms with E-state index in [1.807, 2.05) is 27.7 Å². The van der Waals surface area contributed by atoms with Crippen LogP contribution in [0, 0.1) is 16.7 Å². The Bertz CT molecular complexity index is 640. The Labute approximate surface area is 199 Å². The summed E-state index contributed by atoms with van der Waals surface area (Å²) in [5.74, 6) is -0.808. The monoisotopic (exact) mass is 472 g/mol. The van der Waals surface area contributed by atoms with Crippen LogP contribution in [0.1, 0.15) is 68.2 Å². The number of carbonyl (C=O) groups is 4. The third kappa shape index (κ3) is 11.5. The van der Waals surface area contributed by atoms with Crippen molar-refractivity contribution in [1.82, 2.24) is 21.3 Å². The molecule has 194 valence electrons. The first-order valence-electron chi connectivity index (χ1n) is 11.4. The van der Waals surface area contributed by atoms with Crippen molar-refractivity contribution in [3.8, 4) is 0 Å². The zero-order chi connectivity index (χ0) is 24.9. The lowest BCUT2D eigenvalue weighted by atomic mass is 9.71. The number of carbonyl (C=O) groups excluding carboxylic acids is 4. The molecule has 8 N–H and O–H groups in total. The lowest BCUT2D eigenvalue weighted by Crippen LogP contribution is -2.49. The van der Waals surface area contributed by atoms with Gasteiger partial charge in [-0.05, 0) is 19.3 Å². The van der Waals surface area contributed by atoms with Gasteiger partial charge in [0, 0.05) is 49.5 Å². The summed E-state index contributed by atoms with van der Waals surface area (Å²) < 4.78 is 0. The average molecular weight is 473 g/mol. The summed E-state index contributed by atoms with van der Waals surface area (Å²) in [6, 6.07) is -0.769. The average Bonchev–Trinajstić information content (AvgIpc) is 2.76. The van der Waals surface area contributed by atoms with E-state index in [1.165, 1.54) is 0 Å². The maximum atomic E-state index is 12.8. The first-order valence-corrected chi connectivity index (χ1v) is 11.4. The van der Waals surface area contributed by atoms with Crippen LogP contribution in [0.5, 0.6) is 0 Å². The highest BCUT2D eigenvalue weighted by atomic mass is 16.2. The van der Waals surface area contributed by atoms with Crippen molar-refractivity contribution in [1.29, 1.82) is 0 Å². The van der Waals surface area contributed by atoms with Gasteiger partial charge in [0.25, 0.3) is 0 Å². The molecule has 0 saturated heterocycles. The van der Waals surface area contributed by atoms with Crippen LogP contribution in [-0.2, 0) is 19.2 Å². The number of nitrogens with two attached hydrogens (primary N) is 2. The minimum absolute atomic E-state index is 0. The Morgan fingerprint density at radius 3 is 1.73 bits per heavy atom. The third-order valence-corrected chi connectivity index (χ3v) is 5.85. The Kier molecular flexibility index (Phi) is 15.6. The van der Waals surface area contributed by atoms with Gasteiger partial charge in [-0.3, -0.25) is 19.2 Å². The highest BCUT2D eigenvalue weighted by molar-refractivity contribution is 5.86. The fraction of sp³-hybridized carbons (Fsp3) is 0.826. The predicted octanol–water partition coefficient (Wildman–Crippen LogP) is 0.252. The van der Waals surface area contributed by atoms with Crippen LogP contribution in [0.4, 0.5) is 0 Å². The van der Waals surface area contributed by atoms with Gasteiger partial charge in [-0.15, -0.1) is 0 Å². The van der Waals surface area contributed by atoms with Crippen LogP contribution in [-0.4, -0.2) is 62.4 Å². The lowest BCUT2D eigenvalue weighted by molar-refractivity contribution is -0.137. The van der Waals surface area contributed by atoms with Gasteiger partial charge in [-0.2, -0.15) is 0 Å². The highest BCUT2D eigenvalue weighted by Crippen LogP contribution is 2.37. The number of amides is 4. The molecule has 0 aliphatic carbocycles. The molecule has 0 aromatic rings. The van der Waals surface area contributed by atoms with E-state index in [9.17, 15) is 19.2 Å². The molecule has 33 heavy (non-hydrogen) atoms. The van der Waals surface area contributed by atoms with Crippen molar-refractivity contribution < 1.29 is 19.2 Å². The molecule has 0 bridgehead atoms.